The third-order valence-corrected chi connectivity index (χ3v) is 4.48. The van der Waals surface area contributed by atoms with Crippen LogP contribution >= 0.6 is 0 Å². The lowest BCUT2D eigenvalue weighted by molar-refractivity contribution is 0.182. The van der Waals surface area contributed by atoms with Crippen molar-refractivity contribution in [1.29, 1.82) is 0 Å². The van der Waals surface area contributed by atoms with Gasteiger partial charge in [0.15, 0.2) is 5.03 Å². The van der Waals surface area contributed by atoms with Gasteiger partial charge in [-0.3, -0.25) is 0 Å². The van der Waals surface area contributed by atoms with Crippen LogP contribution in [0.15, 0.2) is 41.8 Å². The van der Waals surface area contributed by atoms with Crippen LogP contribution in [0.1, 0.15) is 31.6 Å². The van der Waals surface area contributed by atoms with Crippen LogP contribution in [0, 0.1) is 5.82 Å². The highest BCUT2D eigenvalue weighted by Crippen LogP contribution is 2.14. The molecule has 0 spiro atoms. The number of rotatable bonds is 6. The molecule has 6 nitrogen and oxygen atoms in total. The van der Waals surface area contributed by atoms with Gasteiger partial charge in [-0.1, -0.05) is 12.1 Å². The Morgan fingerprint density at radius 1 is 1.32 bits per heavy atom. The molecule has 0 saturated heterocycles. The van der Waals surface area contributed by atoms with Gasteiger partial charge < -0.3 is 9.67 Å². The number of hydrogen-bond acceptors (Lipinski definition) is 4. The lowest BCUT2D eigenvalue weighted by Crippen LogP contribution is -2.28. The predicted molar refractivity (Wildman–Crippen MR) is 79.2 cm³/mol. The first-order valence-corrected chi connectivity index (χ1v) is 8.24. The summed E-state index contributed by atoms with van der Waals surface area (Å²) in [4.78, 5) is 3.85. The molecule has 0 amide bonds. The molecule has 0 aliphatic carbocycles. The van der Waals surface area contributed by atoms with Crippen LogP contribution in [0.4, 0.5) is 4.39 Å². The molecule has 2 N–H and O–H groups in total. The van der Waals surface area contributed by atoms with Gasteiger partial charge in [-0.2, -0.15) is 0 Å². The number of halogens is 1. The smallest absolute Gasteiger partial charge is 0.259 e. The summed E-state index contributed by atoms with van der Waals surface area (Å²) < 4.78 is 41.0. The molecule has 120 valence electrons. The zero-order valence-corrected chi connectivity index (χ0v) is 13.1. The first-order chi connectivity index (χ1) is 10.3. The van der Waals surface area contributed by atoms with Gasteiger partial charge in [0.2, 0.25) is 0 Å². The molecule has 1 aromatic carbocycles. The quantitative estimate of drug-likeness (QED) is 0.844. The Bertz CT molecular complexity index is 726. The van der Waals surface area contributed by atoms with Crippen molar-refractivity contribution in [2.24, 2.45) is 0 Å². The predicted octanol–water partition coefficient (Wildman–Crippen LogP) is 1.61. The molecule has 1 aromatic heterocycles. The third-order valence-electron chi connectivity index (χ3n) is 3.17. The fraction of sp³-hybridized carbons (Fsp3) is 0.357. The summed E-state index contributed by atoms with van der Waals surface area (Å²) in [6.07, 6.45) is 1.80. The summed E-state index contributed by atoms with van der Waals surface area (Å²) in [5, 5.41) is 9.84. The first-order valence-electron chi connectivity index (χ1n) is 6.76. The monoisotopic (exact) mass is 327 g/mol. The van der Waals surface area contributed by atoms with Crippen molar-refractivity contribution in [3.63, 3.8) is 0 Å². The van der Waals surface area contributed by atoms with Gasteiger partial charge in [0.05, 0.1) is 12.4 Å². The minimum atomic E-state index is -3.80. The van der Waals surface area contributed by atoms with Gasteiger partial charge >= 0.3 is 0 Å². The minimum Gasteiger partial charge on any atom is -0.387 e. The molecule has 0 aliphatic rings. The van der Waals surface area contributed by atoms with Crippen molar-refractivity contribution >= 4 is 10.0 Å². The van der Waals surface area contributed by atoms with Gasteiger partial charge in [-0.15, -0.1) is 0 Å². The molecule has 0 bridgehead atoms. The van der Waals surface area contributed by atoms with Crippen LogP contribution in [0.2, 0.25) is 0 Å². The van der Waals surface area contributed by atoms with E-state index in [1.54, 1.807) is 4.57 Å². The van der Waals surface area contributed by atoms with E-state index in [1.807, 2.05) is 13.8 Å². The molecule has 2 rings (SSSR count). The topological polar surface area (TPSA) is 84.2 Å². The third kappa shape index (κ3) is 3.90. The highest BCUT2D eigenvalue weighted by Gasteiger charge is 2.19. The van der Waals surface area contributed by atoms with E-state index in [-0.39, 0.29) is 17.6 Å². The second kappa shape index (κ2) is 6.55. The highest BCUT2D eigenvalue weighted by molar-refractivity contribution is 7.89. The largest absolute Gasteiger partial charge is 0.387 e. The molecule has 1 heterocycles. The SMILES string of the molecule is CC(C)n1cnc(S(=O)(=O)NCC(O)c2ccc(F)cc2)c1. The number of aliphatic hydroxyl groups is 1. The Labute approximate surface area is 128 Å². The fourth-order valence-electron chi connectivity index (χ4n) is 1.80. The normalized spacial score (nSPS) is 13.5. The van der Waals surface area contributed by atoms with Gasteiger partial charge in [-0.25, -0.2) is 22.5 Å². The summed E-state index contributed by atoms with van der Waals surface area (Å²) in [5.41, 5.74) is 0.428. The standard InChI is InChI=1S/C14H18FN3O3S/c1-10(2)18-8-14(16-9-18)22(20,21)17-7-13(19)11-3-5-12(15)6-4-11/h3-6,8-10,13,17,19H,7H2,1-2H3. The molecule has 0 aliphatic heterocycles. The van der Waals surface area contributed by atoms with Crippen molar-refractivity contribution in [2.45, 2.75) is 31.0 Å². The van der Waals surface area contributed by atoms with Crippen molar-refractivity contribution < 1.29 is 17.9 Å². The number of benzene rings is 1. The van der Waals surface area contributed by atoms with Crippen LogP contribution < -0.4 is 4.72 Å². The second-order valence-electron chi connectivity index (χ2n) is 5.17. The Morgan fingerprint density at radius 2 is 1.95 bits per heavy atom. The minimum absolute atomic E-state index is 0.0984. The molecule has 0 radical (unpaired) electrons. The Hall–Kier alpha value is -1.77. The van der Waals surface area contributed by atoms with E-state index in [2.05, 4.69) is 9.71 Å². The Balaban J connectivity index is 2.04. The molecule has 1 unspecified atom stereocenters. The zero-order valence-electron chi connectivity index (χ0n) is 12.3. The van der Waals surface area contributed by atoms with Crippen LogP contribution in [-0.2, 0) is 10.0 Å². The van der Waals surface area contributed by atoms with E-state index in [0.29, 0.717) is 5.56 Å². The summed E-state index contributed by atoms with van der Waals surface area (Å²) >= 11 is 0. The van der Waals surface area contributed by atoms with Crippen molar-refractivity contribution in [3.8, 4) is 0 Å². The van der Waals surface area contributed by atoms with E-state index in [1.165, 1.54) is 36.8 Å². The average molecular weight is 327 g/mol. The number of imidazole rings is 1. The zero-order chi connectivity index (χ0) is 16.3. The summed E-state index contributed by atoms with van der Waals surface area (Å²) in [6.45, 7) is 3.59. The van der Waals surface area contributed by atoms with Crippen LogP contribution in [0.3, 0.4) is 0 Å². The molecular formula is C14H18FN3O3S. The van der Waals surface area contributed by atoms with Crippen LogP contribution in [0.5, 0.6) is 0 Å². The number of nitrogens with zero attached hydrogens (tertiary/aromatic N) is 2. The first kappa shape index (κ1) is 16.6. The van der Waals surface area contributed by atoms with Gasteiger partial charge in [-0.05, 0) is 31.5 Å². The molecule has 0 saturated carbocycles. The van der Waals surface area contributed by atoms with E-state index in [0.717, 1.165) is 0 Å². The maximum atomic E-state index is 12.8. The van der Waals surface area contributed by atoms with Crippen molar-refractivity contribution in [2.75, 3.05) is 6.54 Å². The molecule has 1 atom stereocenters. The molecular weight excluding hydrogens is 309 g/mol. The lowest BCUT2D eigenvalue weighted by Gasteiger charge is -2.11. The number of hydrogen-bond donors (Lipinski definition) is 2. The fourth-order valence-corrected chi connectivity index (χ4v) is 2.78. The summed E-state index contributed by atoms with van der Waals surface area (Å²) in [5.74, 6) is -0.421. The van der Waals surface area contributed by atoms with E-state index in [9.17, 15) is 17.9 Å². The highest BCUT2D eigenvalue weighted by atomic mass is 32.2. The van der Waals surface area contributed by atoms with E-state index < -0.39 is 21.9 Å². The van der Waals surface area contributed by atoms with Gasteiger partial charge in [0.1, 0.15) is 5.82 Å². The number of aromatic nitrogens is 2. The molecule has 22 heavy (non-hydrogen) atoms. The van der Waals surface area contributed by atoms with Crippen molar-refractivity contribution in [1.82, 2.24) is 14.3 Å². The molecule has 0 fully saturated rings. The maximum absolute atomic E-state index is 12.8. The van der Waals surface area contributed by atoms with Gasteiger partial charge in [0.25, 0.3) is 10.0 Å². The van der Waals surface area contributed by atoms with Gasteiger partial charge in [0, 0.05) is 18.8 Å². The maximum Gasteiger partial charge on any atom is 0.259 e. The second-order valence-corrected chi connectivity index (χ2v) is 6.89. The Morgan fingerprint density at radius 3 is 2.50 bits per heavy atom. The number of aliphatic hydroxyl groups excluding tert-OH is 1. The summed E-state index contributed by atoms with van der Waals surface area (Å²) in [6, 6.07) is 5.32. The lowest BCUT2D eigenvalue weighted by atomic mass is 10.1. The molecule has 2 aromatic rings. The Kier molecular flexibility index (Phi) is 4.94. The van der Waals surface area contributed by atoms with Crippen molar-refractivity contribution in [3.05, 3.63) is 48.2 Å². The van der Waals surface area contributed by atoms with E-state index >= 15 is 0 Å². The average Bonchev–Trinajstić information content (AvgIpc) is 2.96. The van der Waals surface area contributed by atoms with Crippen LogP contribution in [-0.4, -0.2) is 29.6 Å². The molecule has 8 heteroatoms. The summed E-state index contributed by atoms with van der Waals surface area (Å²) in [7, 11) is -3.80. The van der Waals surface area contributed by atoms with Crippen LogP contribution in [0.25, 0.3) is 0 Å². The number of sulfonamides is 1. The van der Waals surface area contributed by atoms with E-state index in [4.69, 9.17) is 0 Å². The number of nitrogens with one attached hydrogen (secondary N) is 1.